The number of nitriles is 1. The summed E-state index contributed by atoms with van der Waals surface area (Å²) in [6, 6.07) is 9.29. The Morgan fingerprint density at radius 1 is 1.22 bits per heavy atom. The number of rotatable bonds is 4. The lowest BCUT2D eigenvalue weighted by molar-refractivity contribution is -0.0413. The highest BCUT2D eigenvalue weighted by Crippen LogP contribution is 2.51. The molecule has 9 heteroatoms. The van der Waals surface area contributed by atoms with Gasteiger partial charge in [-0.3, -0.25) is 4.79 Å². The van der Waals surface area contributed by atoms with E-state index in [1.54, 1.807) is 13.0 Å². The average molecular weight is 477 g/mol. The van der Waals surface area contributed by atoms with Crippen LogP contribution in [0.3, 0.4) is 0 Å². The van der Waals surface area contributed by atoms with Gasteiger partial charge in [0.05, 0.1) is 26.3 Å². The predicted octanol–water partition coefficient (Wildman–Crippen LogP) is 4.32. The van der Waals surface area contributed by atoms with Crippen LogP contribution in [0.25, 0.3) is 0 Å². The molecule has 2 atom stereocenters. The molecule has 2 aromatic carbocycles. The van der Waals surface area contributed by atoms with Gasteiger partial charge >= 0.3 is 0 Å². The van der Waals surface area contributed by atoms with Crippen molar-refractivity contribution in [3.05, 3.63) is 58.4 Å². The van der Waals surface area contributed by atoms with Gasteiger partial charge in [-0.25, -0.2) is 12.8 Å². The zero-order valence-electron chi connectivity index (χ0n) is 17.3. The molecule has 1 amide bonds. The second-order valence-corrected chi connectivity index (χ2v) is 11.3. The Morgan fingerprint density at radius 2 is 1.88 bits per heavy atom. The van der Waals surface area contributed by atoms with Crippen LogP contribution in [0.1, 0.15) is 48.5 Å². The summed E-state index contributed by atoms with van der Waals surface area (Å²) in [7, 11) is -3.83. The minimum atomic E-state index is -3.83. The SMILES string of the molecule is CC1(O)C2CCC1CC(S(=O)(=O)c1cc(C(=O)Nc3ccc(F)c(C#N)c3)ccc1Cl)C2. The van der Waals surface area contributed by atoms with Crippen LogP contribution in [0.2, 0.25) is 5.02 Å². The van der Waals surface area contributed by atoms with Gasteiger partial charge in [0.1, 0.15) is 11.9 Å². The number of anilines is 1. The molecule has 0 radical (unpaired) electrons. The third-order valence-corrected chi connectivity index (χ3v) is 9.55. The van der Waals surface area contributed by atoms with Crippen LogP contribution in [0.15, 0.2) is 41.3 Å². The van der Waals surface area contributed by atoms with Crippen LogP contribution in [-0.4, -0.2) is 30.3 Å². The quantitative estimate of drug-likeness (QED) is 0.683. The van der Waals surface area contributed by atoms with Gasteiger partial charge in [-0.1, -0.05) is 11.6 Å². The van der Waals surface area contributed by atoms with E-state index in [4.69, 9.17) is 16.9 Å². The second-order valence-electron chi connectivity index (χ2n) is 8.74. The number of nitrogens with zero attached hydrogens (tertiary/aromatic N) is 1. The summed E-state index contributed by atoms with van der Waals surface area (Å²) < 4.78 is 40.3. The average Bonchev–Trinajstić information content (AvgIpc) is 2.92. The lowest BCUT2D eigenvalue weighted by Gasteiger charge is -2.40. The number of carbonyl (C=O) groups is 1. The van der Waals surface area contributed by atoms with Crippen LogP contribution >= 0.6 is 11.6 Å². The van der Waals surface area contributed by atoms with Gasteiger partial charge < -0.3 is 10.4 Å². The van der Waals surface area contributed by atoms with Crippen molar-refractivity contribution in [2.45, 2.75) is 48.4 Å². The number of hydrogen-bond acceptors (Lipinski definition) is 5. The molecule has 4 rings (SSSR count). The van der Waals surface area contributed by atoms with Crippen molar-refractivity contribution in [2.24, 2.45) is 11.8 Å². The molecule has 2 saturated carbocycles. The highest BCUT2D eigenvalue weighted by Gasteiger charge is 2.53. The molecule has 2 fully saturated rings. The summed E-state index contributed by atoms with van der Waals surface area (Å²) in [6.45, 7) is 1.78. The smallest absolute Gasteiger partial charge is 0.255 e. The van der Waals surface area contributed by atoms with E-state index in [0.29, 0.717) is 12.8 Å². The third-order valence-electron chi connectivity index (χ3n) is 6.89. The normalized spacial score (nSPS) is 27.0. The first-order valence-electron chi connectivity index (χ1n) is 10.3. The number of halogens is 2. The van der Waals surface area contributed by atoms with Crippen LogP contribution in [0.5, 0.6) is 0 Å². The van der Waals surface area contributed by atoms with Crippen LogP contribution in [0, 0.1) is 29.0 Å². The standard InChI is InChI=1S/C23H22ClFN2O4S/c1-23(29)15-3-4-16(23)11-18(10-15)32(30,31)21-9-13(2-6-19(21)24)22(28)27-17-5-7-20(25)14(8-17)12-26/h2,5-9,15-16,18,29H,3-4,10-11H2,1H3,(H,27,28). The molecule has 2 aliphatic rings. The van der Waals surface area contributed by atoms with E-state index in [1.807, 2.05) is 0 Å². The minimum absolute atomic E-state index is 0.0276. The largest absolute Gasteiger partial charge is 0.390 e. The van der Waals surface area contributed by atoms with Crippen molar-refractivity contribution in [3.63, 3.8) is 0 Å². The molecule has 0 spiro atoms. The Hall–Kier alpha value is -2.47. The number of hydrogen-bond donors (Lipinski definition) is 2. The van der Waals surface area contributed by atoms with Crippen LogP contribution in [0.4, 0.5) is 10.1 Å². The number of amides is 1. The van der Waals surface area contributed by atoms with Crippen molar-refractivity contribution < 1.29 is 22.7 Å². The van der Waals surface area contributed by atoms with E-state index in [1.165, 1.54) is 30.3 Å². The Balaban J connectivity index is 1.60. The highest BCUT2D eigenvalue weighted by atomic mass is 35.5. The maximum Gasteiger partial charge on any atom is 0.255 e. The number of carbonyl (C=O) groups excluding carboxylic acids is 1. The molecular weight excluding hydrogens is 455 g/mol. The molecule has 168 valence electrons. The van der Waals surface area contributed by atoms with Gasteiger partial charge in [-0.05, 0) is 80.8 Å². The fourth-order valence-corrected chi connectivity index (χ4v) is 7.35. The summed E-state index contributed by atoms with van der Waals surface area (Å²) in [4.78, 5) is 12.6. The van der Waals surface area contributed by atoms with Gasteiger partial charge in [-0.15, -0.1) is 0 Å². The first-order valence-corrected chi connectivity index (χ1v) is 12.2. The van der Waals surface area contributed by atoms with E-state index in [2.05, 4.69) is 5.32 Å². The van der Waals surface area contributed by atoms with Gasteiger partial charge in [0.25, 0.3) is 5.91 Å². The van der Waals surface area contributed by atoms with Gasteiger partial charge in [0.2, 0.25) is 0 Å². The maximum absolute atomic E-state index is 13.5. The molecule has 2 unspecified atom stereocenters. The van der Waals surface area contributed by atoms with Crippen molar-refractivity contribution in [2.75, 3.05) is 5.32 Å². The molecule has 6 nitrogen and oxygen atoms in total. The van der Waals surface area contributed by atoms with Crippen LogP contribution in [-0.2, 0) is 9.84 Å². The molecule has 0 aromatic heterocycles. The second kappa shape index (κ2) is 8.14. The Labute approximate surface area is 190 Å². The Bertz CT molecular complexity index is 1220. The summed E-state index contributed by atoms with van der Waals surface area (Å²) in [5.41, 5.74) is -0.792. The number of nitrogens with one attached hydrogen (secondary N) is 1. The molecule has 0 heterocycles. The molecule has 32 heavy (non-hydrogen) atoms. The Kier molecular flexibility index (Phi) is 5.78. The molecule has 0 aliphatic heterocycles. The molecule has 0 saturated heterocycles. The molecule has 2 aromatic rings. The third kappa shape index (κ3) is 3.90. The van der Waals surface area contributed by atoms with Crippen LogP contribution < -0.4 is 5.32 Å². The molecule has 2 bridgehead atoms. The maximum atomic E-state index is 13.5. The number of aliphatic hydroxyl groups is 1. The minimum Gasteiger partial charge on any atom is -0.390 e. The fourth-order valence-electron chi connectivity index (χ4n) is 4.95. The summed E-state index contributed by atoms with van der Waals surface area (Å²) in [5.74, 6) is -1.48. The summed E-state index contributed by atoms with van der Waals surface area (Å²) in [5, 5.41) is 21.5. The molecule has 2 aliphatic carbocycles. The predicted molar refractivity (Wildman–Crippen MR) is 118 cm³/mol. The van der Waals surface area contributed by atoms with Gasteiger partial charge in [-0.2, -0.15) is 5.26 Å². The van der Waals surface area contributed by atoms with Crippen molar-refractivity contribution >= 4 is 33.0 Å². The van der Waals surface area contributed by atoms with Crippen molar-refractivity contribution in [1.82, 2.24) is 0 Å². The van der Waals surface area contributed by atoms with E-state index in [9.17, 15) is 22.7 Å². The monoisotopic (exact) mass is 476 g/mol. The molecular formula is C23H22ClFN2O4S. The number of fused-ring (bicyclic) bond motifs is 2. The Morgan fingerprint density at radius 3 is 2.50 bits per heavy atom. The zero-order valence-corrected chi connectivity index (χ0v) is 18.9. The summed E-state index contributed by atoms with van der Waals surface area (Å²) in [6.07, 6.45) is 2.29. The van der Waals surface area contributed by atoms with Crippen molar-refractivity contribution in [3.8, 4) is 6.07 Å². The van der Waals surface area contributed by atoms with E-state index >= 15 is 0 Å². The lowest BCUT2D eigenvalue weighted by atomic mass is 9.76. The topological polar surface area (TPSA) is 107 Å². The first-order chi connectivity index (χ1) is 15.0. The highest BCUT2D eigenvalue weighted by molar-refractivity contribution is 7.92. The zero-order chi connectivity index (χ0) is 23.3. The first kappa shape index (κ1) is 22.7. The number of sulfone groups is 1. The van der Waals surface area contributed by atoms with E-state index in [0.717, 1.165) is 18.9 Å². The van der Waals surface area contributed by atoms with Gasteiger partial charge in [0, 0.05) is 11.3 Å². The lowest BCUT2D eigenvalue weighted by Crippen LogP contribution is -2.45. The fraction of sp³-hybridized carbons (Fsp3) is 0.391. The summed E-state index contributed by atoms with van der Waals surface area (Å²) >= 11 is 6.23. The number of benzene rings is 2. The van der Waals surface area contributed by atoms with E-state index < -0.39 is 32.4 Å². The van der Waals surface area contributed by atoms with Crippen molar-refractivity contribution in [1.29, 1.82) is 5.26 Å². The molecule has 2 N–H and O–H groups in total. The van der Waals surface area contributed by atoms with Gasteiger partial charge in [0.15, 0.2) is 9.84 Å². The van der Waals surface area contributed by atoms with E-state index in [-0.39, 0.29) is 38.6 Å².